The molecule has 2 N–H and O–H groups in total. The molecular formula is C38H62N4O7. The van der Waals surface area contributed by atoms with Crippen LogP contribution in [0.15, 0.2) is 42.5 Å². The van der Waals surface area contributed by atoms with Crippen molar-refractivity contribution in [3.63, 3.8) is 0 Å². The predicted octanol–water partition coefficient (Wildman–Crippen LogP) is 4.00. The van der Waals surface area contributed by atoms with Gasteiger partial charge < -0.3 is 34.6 Å². The fourth-order valence-electron chi connectivity index (χ4n) is 6.91. The van der Waals surface area contributed by atoms with E-state index in [1.54, 1.807) is 38.0 Å². The van der Waals surface area contributed by atoms with Crippen molar-refractivity contribution < 1.29 is 33.4 Å². The van der Waals surface area contributed by atoms with Gasteiger partial charge in [-0.1, -0.05) is 83.5 Å². The Morgan fingerprint density at radius 2 is 1.69 bits per heavy atom. The van der Waals surface area contributed by atoms with Gasteiger partial charge in [0.2, 0.25) is 17.7 Å². The number of hydrogen-bond donors (Lipinski definition) is 2. The Bertz CT molecular complexity index is 1230. The second kappa shape index (κ2) is 20.4. The van der Waals surface area contributed by atoms with Gasteiger partial charge in [0.15, 0.2) is 0 Å². The van der Waals surface area contributed by atoms with Crippen molar-refractivity contribution >= 4 is 23.7 Å². The molecule has 11 heteroatoms. The second-order valence-electron chi connectivity index (χ2n) is 13.9. The van der Waals surface area contributed by atoms with Crippen molar-refractivity contribution in [2.24, 2.45) is 17.8 Å². The van der Waals surface area contributed by atoms with Crippen LogP contribution in [0, 0.1) is 17.8 Å². The molecule has 7 unspecified atom stereocenters. The minimum Gasteiger partial charge on any atom is -0.467 e. The van der Waals surface area contributed by atoms with E-state index in [9.17, 15) is 19.2 Å². The van der Waals surface area contributed by atoms with Crippen molar-refractivity contribution in [2.75, 3.05) is 41.5 Å². The number of hydrogen-bond acceptors (Lipinski definition) is 8. The molecule has 1 aromatic carbocycles. The summed E-state index contributed by atoms with van der Waals surface area (Å²) in [5, 5.41) is 6.22. The Kier molecular flexibility index (Phi) is 17.4. The van der Waals surface area contributed by atoms with Crippen LogP contribution >= 0.6 is 0 Å². The monoisotopic (exact) mass is 686 g/mol. The topological polar surface area (TPSA) is 127 Å². The van der Waals surface area contributed by atoms with Gasteiger partial charge in [0.05, 0.1) is 49.8 Å². The Balaban J connectivity index is 2.24. The fraction of sp³-hybridized carbons (Fsp3) is 0.684. The van der Waals surface area contributed by atoms with Gasteiger partial charge in [0.1, 0.15) is 6.04 Å². The first-order valence-electron chi connectivity index (χ1n) is 17.6. The molecule has 11 nitrogen and oxygen atoms in total. The van der Waals surface area contributed by atoms with Gasteiger partial charge in [-0.15, -0.1) is 0 Å². The van der Waals surface area contributed by atoms with Crippen LogP contribution in [0.4, 0.5) is 0 Å². The molecule has 8 atom stereocenters. The van der Waals surface area contributed by atoms with E-state index in [1.807, 2.05) is 51.1 Å². The summed E-state index contributed by atoms with van der Waals surface area (Å²) in [6.07, 6.45) is 1.43. The van der Waals surface area contributed by atoms with Crippen LogP contribution in [0.1, 0.15) is 72.8 Å². The number of esters is 1. The van der Waals surface area contributed by atoms with Gasteiger partial charge in [-0.2, -0.15) is 0 Å². The first-order chi connectivity index (χ1) is 23.2. The molecule has 2 rings (SSSR count). The third-order valence-electron chi connectivity index (χ3n) is 9.90. The van der Waals surface area contributed by atoms with E-state index in [0.29, 0.717) is 19.5 Å². The molecule has 276 valence electrons. The summed E-state index contributed by atoms with van der Waals surface area (Å²) in [5.74, 6) is -1.62. The van der Waals surface area contributed by atoms with E-state index < -0.39 is 36.2 Å². The number of amides is 3. The largest absolute Gasteiger partial charge is 0.467 e. The van der Waals surface area contributed by atoms with Crippen LogP contribution < -0.4 is 10.6 Å². The van der Waals surface area contributed by atoms with Crippen LogP contribution in [0.5, 0.6) is 0 Å². The molecule has 0 bridgehead atoms. The third kappa shape index (κ3) is 11.6. The molecule has 1 aliphatic rings. The molecular weight excluding hydrogens is 624 g/mol. The highest BCUT2D eigenvalue weighted by Gasteiger charge is 2.43. The number of nitrogens with zero attached hydrogens (tertiary/aromatic N) is 2. The average Bonchev–Trinajstić information content (AvgIpc) is 3.57. The lowest BCUT2D eigenvalue weighted by molar-refractivity contribution is -0.148. The molecule has 0 spiro atoms. The van der Waals surface area contributed by atoms with Crippen molar-refractivity contribution in [3.8, 4) is 0 Å². The van der Waals surface area contributed by atoms with Gasteiger partial charge in [-0.05, 0) is 37.2 Å². The Morgan fingerprint density at radius 3 is 2.22 bits per heavy atom. The summed E-state index contributed by atoms with van der Waals surface area (Å²) in [5.41, 5.74) is 1.83. The molecule has 1 saturated heterocycles. The summed E-state index contributed by atoms with van der Waals surface area (Å²) in [7, 11) is 6.23. The minimum absolute atomic E-state index is 0.0475. The number of likely N-dealkylation sites (tertiary alicyclic amines) is 1. The quantitative estimate of drug-likeness (QED) is 0.156. The number of nitrogens with one attached hydrogen (secondary N) is 2. The number of carbonyl (C=O) groups excluding carboxylic acids is 4. The van der Waals surface area contributed by atoms with Crippen molar-refractivity contribution in [1.29, 1.82) is 0 Å². The maximum Gasteiger partial charge on any atom is 0.328 e. The fourth-order valence-corrected chi connectivity index (χ4v) is 6.91. The zero-order valence-electron chi connectivity index (χ0n) is 31.5. The zero-order chi connectivity index (χ0) is 36.8. The van der Waals surface area contributed by atoms with Crippen molar-refractivity contribution in [3.05, 3.63) is 48.0 Å². The summed E-state index contributed by atoms with van der Waals surface area (Å²) in [6.45, 7) is 16.9. The molecule has 49 heavy (non-hydrogen) atoms. The lowest BCUT2D eigenvalue weighted by Crippen LogP contribution is -2.57. The standard InChI is InChI=1S/C38H62N4O7/c1-12-26(6)34(41(8)37(45)33(25(4)5)39-23-24(2)3)31(47-9)22-32(43)42-20-16-19-30(42)35(48-10)27(7)36(44)40-29(38(46)49-11)21-28-17-14-13-15-18-28/h13-15,17-18,25-27,29-31,33-35,39H,2,12,16,19-23H2,1,3-11H3,(H,40,44)/t26?,27?,29?,30-,31?,33?,34?,35?/m0/s1. The molecule has 0 aliphatic carbocycles. The number of methoxy groups -OCH3 is 3. The maximum absolute atomic E-state index is 14.1. The lowest BCUT2D eigenvalue weighted by Gasteiger charge is -2.41. The highest BCUT2D eigenvalue weighted by Crippen LogP contribution is 2.29. The number of ether oxygens (including phenoxy) is 3. The van der Waals surface area contributed by atoms with Gasteiger partial charge in [-0.25, -0.2) is 4.79 Å². The van der Waals surface area contributed by atoms with E-state index in [0.717, 1.165) is 24.0 Å². The SMILES string of the molecule is C=C(C)CNC(C(=O)N(C)C(C(C)CC)C(CC(=O)N1CCC[C@H]1C(OC)C(C)C(=O)NC(Cc1ccccc1)C(=O)OC)OC)C(C)C. The number of likely N-dealkylation sites (N-methyl/N-ethyl adjacent to an activating group) is 1. The van der Waals surface area contributed by atoms with Crippen LogP contribution in [0.25, 0.3) is 0 Å². The number of carbonyl (C=O) groups is 4. The number of benzene rings is 1. The molecule has 1 heterocycles. The highest BCUT2D eigenvalue weighted by atomic mass is 16.5. The van der Waals surface area contributed by atoms with Crippen molar-refractivity contribution in [2.45, 2.75) is 110 Å². The van der Waals surface area contributed by atoms with Crippen molar-refractivity contribution in [1.82, 2.24) is 20.4 Å². The molecule has 0 aromatic heterocycles. The van der Waals surface area contributed by atoms with Gasteiger partial charge >= 0.3 is 5.97 Å². The van der Waals surface area contributed by atoms with Gasteiger partial charge in [0, 0.05) is 40.8 Å². The molecule has 1 aliphatic heterocycles. The average molecular weight is 687 g/mol. The van der Waals surface area contributed by atoms with E-state index in [1.165, 1.54) is 7.11 Å². The maximum atomic E-state index is 14.1. The van der Waals surface area contributed by atoms with Gasteiger partial charge in [0.25, 0.3) is 0 Å². The Morgan fingerprint density at radius 1 is 1.04 bits per heavy atom. The lowest BCUT2D eigenvalue weighted by atomic mass is 9.89. The highest BCUT2D eigenvalue weighted by molar-refractivity contribution is 5.86. The predicted molar refractivity (Wildman–Crippen MR) is 192 cm³/mol. The van der Waals surface area contributed by atoms with Crippen LogP contribution in [0.3, 0.4) is 0 Å². The summed E-state index contributed by atoms with van der Waals surface area (Å²) in [6, 6.07) is 7.45. The van der Waals surface area contributed by atoms with E-state index in [4.69, 9.17) is 14.2 Å². The Labute approximate surface area is 294 Å². The third-order valence-corrected chi connectivity index (χ3v) is 9.90. The van der Waals surface area contributed by atoms with Crippen LogP contribution in [-0.4, -0.2) is 111 Å². The van der Waals surface area contributed by atoms with E-state index >= 15 is 0 Å². The molecule has 0 radical (unpaired) electrons. The summed E-state index contributed by atoms with van der Waals surface area (Å²) in [4.78, 5) is 57.7. The molecule has 1 fully saturated rings. The number of rotatable bonds is 20. The molecule has 3 amide bonds. The zero-order valence-corrected chi connectivity index (χ0v) is 31.5. The molecule has 1 aromatic rings. The van der Waals surface area contributed by atoms with Crippen LogP contribution in [0.2, 0.25) is 0 Å². The molecule has 0 saturated carbocycles. The van der Waals surface area contributed by atoms with E-state index in [2.05, 4.69) is 31.1 Å². The summed E-state index contributed by atoms with van der Waals surface area (Å²) < 4.78 is 16.9. The first-order valence-corrected chi connectivity index (χ1v) is 17.6. The van der Waals surface area contributed by atoms with Crippen LogP contribution in [-0.2, 0) is 39.8 Å². The first kappa shape index (κ1) is 41.9. The smallest absolute Gasteiger partial charge is 0.328 e. The van der Waals surface area contributed by atoms with Gasteiger partial charge in [-0.3, -0.25) is 14.4 Å². The second-order valence-corrected chi connectivity index (χ2v) is 13.9. The normalized spacial score (nSPS) is 18.9. The Hall–Kier alpha value is -3.28. The minimum atomic E-state index is -0.868. The van der Waals surface area contributed by atoms with E-state index in [-0.39, 0.29) is 54.5 Å². The summed E-state index contributed by atoms with van der Waals surface area (Å²) >= 11 is 0.